The Hall–Kier alpha value is -4.10. The Labute approximate surface area is 284 Å². The first-order valence-electron chi connectivity index (χ1n) is 12.8. The summed E-state index contributed by atoms with van der Waals surface area (Å²) in [6.07, 6.45) is 1.32. The fourth-order valence-corrected chi connectivity index (χ4v) is 5.80. The second-order valence-corrected chi connectivity index (χ2v) is 11.6. The normalized spacial score (nSPS) is 10.7. The minimum absolute atomic E-state index is 0.139. The number of hydrogen-bond donors (Lipinski definition) is 2. The molecule has 4 aromatic rings. The third kappa shape index (κ3) is 8.34. The molecule has 232 valence electrons. The molecule has 0 fully saturated rings. The smallest absolute Gasteiger partial charge is 0.343 e. The number of nitrogens with zero attached hydrogens (tertiary/aromatic N) is 1. The number of halogens is 4. The maximum absolute atomic E-state index is 13.2. The molecule has 2 N–H and O–H groups in total. The van der Waals surface area contributed by atoms with E-state index in [0.717, 1.165) is 0 Å². The van der Waals surface area contributed by atoms with Crippen molar-refractivity contribution >= 4 is 84.7 Å². The SMILES string of the molecule is COc1cc(C(=O)Oc2c(Br)cc(Br)cc2C=NNC(=O)c2cccc(NC(=O)c3ccc(Cl)cc3Cl)c2)cc(OC)c1OC. The molecule has 14 heteroatoms. The lowest BCUT2D eigenvalue weighted by Crippen LogP contribution is -2.18. The molecule has 4 rings (SSSR count). The van der Waals surface area contributed by atoms with Crippen LogP contribution in [0.5, 0.6) is 23.0 Å². The molecule has 0 atom stereocenters. The van der Waals surface area contributed by atoms with Gasteiger partial charge in [-0.3, -0.25) is 9.59 Å². The van der Waals surface area contributed by atoms with Crippen molar-refractivity contribution in [2.24, 2.45) is 5.10 Å². The molecule has 0 unspecified atom stereocenters. The van der Waals surface area contributed by atoms with Crippen molar-refractivity contribution in [1.29, 1.82) is 0 Å². The van der Waals surface area contributed by atoms with Gasteiger partial charge in [0.2, 0.25) is 5.75 Å². The van der Waals surface area contributed by atoms with Crippen molar-refractivity contribution in [2.75, 3.05) is 26.6 Å². The molecule has 0 aliphatic rings. The van der Waals surface area contributed by atoms with Crippen LogP contribution in [0.4, 0.5) is 5.69 Å². The number of amides is 2. The van der Waals surface area contributed by atoms with E-state index >= 15 is 0 Å². The van der Waals surface area contributed by atoms with Gasteiger partial charge in [-0.15, -0.1) is 0 Å². The number of anilines is 1. The maximum atomic E-state index is 13.2. The molecule has 4 aromatic carbocycles. The van der Waals surface area contributed by atoms with E-state index in [0.29, 0.717) is 31.0 Å². The quantitative estimate of drug-likeness (QED) is 0.0730. The van der Waals surface area contributed by atoms with Crippen LogP contribution in [0.2, 0.25) is 10.0 Å². The lowest BCUT2D eigenvalue weighted by molar-refractivity contribution is 0.0731. The minimum atomic E-state index is -0.713. The number of nitrogens with one attached hydrogen (secondary N) is 2. The number of benzene rings is 4. The number of hydrazone groups is 1. The predicted octanol–water partition coefficient (Wildman–Crippen LogP) is 7.78. The molecule has 10 nitrogen and oxygen atoms in total. The molecule has 0 aliphatic carbocycles. The average Bonchev–Trinajstić information content (AvgIpc) is 3.01. The van der Waals surface area contributed by atoms with Crippen molar-refractivity contribution < 1.29 is 33.3 Å². The number of ether oxygens (including phenoxy) is 4. The second kappa shape index (κ2) is 15.3. The molecule has 0 spiro atoms. The van der Waals surface area contributed by atoms with Crippen LogP contribution >= 0.6 is 55.1 Å². The average molecular weight is 780 g/mol. The number of methoxy groups -OCH3 is 3. The van der Waals surface area contributed by atoms with Gasteiger partial charge < -0.3 is 24.3 Å². The molecule has 0 saturated heterocycles. The zero-order valence-corrected chi connectivity index (χ0v) is 28.4. The Balaban J connectivity index is 1.50. The number of esters is 1. The van der Waals surface area contributed by atoms with Crippen molar-refractivity contribution in [2.45, 2.75) is 0 Å². The molecular formula is C31H23Br2Cl2N3O7. The van der Waals surface area contributed by atoms with Gasteiger partial charge in [0.25, 0.3) is 11.8 Å². The lowest BCUT2D eigenvalue weighted by Gasteiger charge is -2.15. The van der Waals surface area contributed by atoms with Crippen LogP contribution < -0.4 is 29.7 Å². The van der Waals surface area contributed by atoms with Crippen LogP contribution in [0.1, 0.15) is 36.6 Å². The summed E-state index contributed by atoms with van der Waals surface area (Å²) < 4.78 is 22.8. The summed E-state index contributed by atoms with van der Waals surface area (Å²) >= 11 is 18.9. The second-order valence-electron chi connectivity index (χ2n) is 8.97. The van der Waals surface area contributed by atoms with Crippen LogP contribution in [-0.2, 0) is 0 Å². The van der Waals surface area contributed by atoms with E-state index in [4.69, 9.17) is 42.1 Å². The third-order valence-electron chi connectivity index (χ3n) is 6.06. The van der Waals surface area contributed by atoms with E-state index in [1.54, 1.807) is 36.4 Å². The van der Waals surface area contributed by atoms with Crippen molar-refractivity contribution in [3.8, 4) is 23.0 Å². The highest BCUT2D eigenvalue weighted by Gasteiger charge is 2.21. The van der Waals surface area contributed by atoms with Crippen LogP contribution in [-0.4, -0.2) is 45.3 Å². The molecule has 45 heavy (non-hydrogen) atoms. The third-order valence-corrected chi connectivity index (χ3v) is 7.66. The standard InChI is InChI=1S/C31H23Br2Cl2N3O7/c1-42-25-11-17(12-26(43-2)28(25)44-3)31(41)45-27-18(9-19(32)13-23(27)33)15-36-38-29(39)16-5-4-6-21(10-16)37-30(40)22-8-7-20(34)14-24(22)35/h4-15H,1-3H3,(H,37,40)(H,38,39). The van der Waals surface area contributed by atoms with E-state index in [2.05, 4.69) is 47.7 Å². The van der Waals surface area contributed by atoms with Gasteiger partial charge in [0.05, 0.1) is 48.2 Å². The summed E-state index contributed by atoms with van der Waals surface area (Å²) in [6, 6.07) is 17.0. The molecule has 0 radical (unpaired) electrons. The number of carbonyl (C=O) groups is 3. The minimum Gasteiger partial charge on any atom is -0.493 e. The zero-order chi connectivity index (χ0) is 32.7. The highest BCUT2D eigenvalue weighted by molar-refractivity contribution is 9.11. The van der Waals surface area contributed by atoms with E-state index in [1.807, 2.05) is 0 Å². The fraction of sp³-hybridized carbons (Fsp3) is 0.0968. The van der Waals surface area contributed by atoms with Gasteiger partial charge in [0.15, 0.2) is 17.2 Å². The van der Waals surface area contributed by atoms with Gasteiger partial charge in [0, 0.05) is 26.3 Å². The van der Waals surface area contributed by atoms with Crippen molar-refractivity contribution in [3.05, 3.63) is 108 Å². The summed E-state index contributed by atoms with van der Waals surface area (Å²) in [6.45, 7) is 0. The predicted molar refractivity (Wildman–Crippen MR) is 179 cm³/mol. The van der Waals surface area contributed by atoms with Crippen molar-refractivity contribution in [1.82, 2.24) is 5.43 Å². The van der Waals surface area contributed by atoms with Crippen LogP contribution in [0, 0.1) is 0 Å². The highest BCUT2D eigenvalue weighted by Crippen LogP contribution is 2.39. The Morgan fingerprint density at radius 3 is 2.16 bits per heavy atom. The van der Waals surface area contributed by atoms with Gasteiger partial charge in [-0.05, 0) is 76.6 Å². The summed E-state index contributed by atoms with van der Waals surface area (Å²) in [5, 5.41) is 7.34. The molecule has 0 heterocycles. The molecule has 2 amide bonds. The van der Waals surface area contributed by atoms with E-state index in [9.17, 15) is 14.4 Å². The van der Waals surface area contributed by atoms with Crippen LogP contribution in [0.3, 0.4) is 0 Å². The van der Waals surface area contributed by atoms with Gasteiger partial charge in [-0.25, -0.2) is 10.2 Å². The van der Waals surface area contributed by atoms with Gasteiger partial charge in [0.1, 0.15) is 0 Å². The molecule has 0 bridgehead atoms. The largest absolute Gasteiger partial charge is 0.493 e. The molecular weight excluding hydrogens is 757 g/mol. The first kappa shape index (κ1) is 33.8. The summed E-state index contributed by atoms with van der Waals surface area (Å²) in [7, 11) is 4.32. The Morgan fingerprint density at radius 2 is 1.51 bits per heavy atom. The van der Waals surface area contributed by atoms with Crippen LogP contribution in [0.15, 0.2) is 80.8 Å². The summed E-state index contributed by atoms with van der Waals surface area (Å²) in [5.74, 6) is -0.724. The number of carbonyl (C=O) groups excluding carboxylic acids is 3. The summed E-state index contributed by atoms with van der Waals surface area (Å²) in [4.78, 5) is 38.7. The first-order valence-corrected chi connectivity index (χ1v) is 15.1. The molecule has 0 saturated carbocycles. The maximum Gasteiger partial charge on any atom is 0.343 e. The Kier molecular flexibility index (Phi) is 11.5. The van der Waals surface area contributed by atoms with Gasteiger partial charge >= 0.3 is 5.97 Å². The monoisotopic (exact) mass is 777 g/mol. The van der Waals surface area contributed by atoms with E-state index < -0.39 is 17.8 Å². The lowest BCUT2D eigenvalue weighted by atomic mass is 10.1. The zero-order valence-electron chi connectivity index (χ0n) is 23.7. The topological polar surface area (TPSA) is 125 Å². The fourth-order valence-electron chi connectivity index (χ4n) is 3.97. The summed E-state index contributed by atoms with van der Waals surface area (Å²) in [5.41, 5.74) is 3.74. The Bertz CT molecular complexity index is 1790. The van der Waals surface area contributed by atoms with E-state index in [-0.39, 0.29) is 39.0 Å². The van der Waals surface area contributed by atoms with Gasteiger partial charge in [-0.2, -0.15) is 5.10 Å². The number of rotatable bonds is 10. The number of hydrogen-bond acceptors (Lipinski definition) is 8. The van der Waals surface area contributed by atoms with Crippen LogP contribution in [0.25, 0.3) is 0 Å². The van der Waals surface area contributed by atoms with E-state index in [1.165, 1.54) is 57.9 Å². The molecule has 0 aliphatic heterocycles. The van der Waals surface area contributed by atoms with Gasteiger partial charge in [-0.1, -0.05) is 45.2 Å². The molecule has 0 aromatic heterocycles. The first-order chi connectivity index (χ1) is 21.5. The van der Waals surface area contributed by atoms with Crippen molar-refractivity contribution in [3.63, 3.8) is 0 Å². The highest BCUT2D eigenvalue weighted by atomic mass is 79.9. The Morgan fingerprint density at radius 1 is 0.800 bits per heavy atom.